The molecule has 0 aromatic carbocycles. The number of unbranched alkanes of at least 4 members (excludes halogenated alkanes) is 14. The van der Waals surface area contributed by atoms with E-state index >= 15 is 0 Å². The third-order valence-electron chi connectivity index (χ3n) is 9.37. The maximum atomic E-state index is 10.4. The van der Waals surface area contributed by atoms with Crippen LogP contribution in [0.4, 0.5) is 0 Å². The Kier molecular flexibility index (Phi) is 21.6. The molecule has 2 heterocycles. The smallest absolute Gasteiger partial charge is 0.224 e. The Morgan fingerprint density at radius 1 is 0.696 bits per heavy atom. The van der Waals surface area contributed by atoms with Crippen molar-refractivity contribution in [2.24, 2.45) is 0 Å². The second-order valence-corrected chi connectivity index (χ2v) is 13.4. The summed E-state index contributed by atoms with van der Waals surface area (Å²) in [6, 6.07) is 0.465. The fraction of sp³-hybridized carbons (Fsp3) is 1.00. The summed E-state index contributed by atoms with van der Waals surface area (Å²) in [6.45, 7) is 4.09. The van der Waals surface area contributed by atoms with E-state index in [1.54, 1.807) is 0 Å². The Bertz CT molecular complexity index is 752. The van der Waals surface area contributed by atoms with Gasteiger partial charge < -0.3 is 60.0 Å². The number of aliphatic hydroxyl groups is 7. The molecule has 8 N–H and O–H groups in total. The van der Waals surface area contributed by atoms with Gasteiger partial charge in [-0.05, 0) is 32.7 Å². The molecule has 0 saturated carbocycles. The Hall–Kier alpha value is -0.480. The first-order valence-corrected chi connectivity index (χ1v) is 18.1. The molecule has 2 aliphatic heterocycles. The lowest BCUT2D eigenvalue weighted by molar-refractivity contribution is -0.384. The molecular weight excluding hydrogens is 598 g/mol. The SMILES string of the molecule is CCCCCCCCCCCCCCCCC(C)NCCCCOC[C@H]1O[C@H](O[C@]2(CO)O[C@H](CO)[C@@H](O)[C@@H]2O)[C@H](O)[C@@H](O)[C@@H]1O. The number of ether oxygens (including phenoxy) is 4. The molecule has 10 atom stereocenters. The minimum Gasteiger partial charge on any atom is -0.394 e. The van der Waals surface area contributed by atoms with Crippen molar-refractivity contribution in [1.82, 2.24) is 5.32 Å². The number of aliphatic hydroxyl groups excluding tert-OH is 7. The average molecular weight is 666 g/mol. The van der Waals surface area contributed by atoms with E-state index in [0.29, 0.717) is 12.6 Å². The quantitative estimate of drug-likeness (QED) is 0.0599. The minimum absolute atomic E-state index is 0.0921. The molecule has 46 heavy (non-hydrogen) atoms. The lowest BCUT2D eigenvalue weighted by Crippen LogP contribution is -2.62. The van der Waals surface area contributed by atoms with Crippen molar-refractivity contribution in [2.45, 2.75) is 184 Å². The Labute approximate surface area is 276 Å². The van der Waals surface area contributed by atoms with Crippen LogP contribution in [0.2, 0.25) is 0 Å². The molecule has 0 amide bonds. The van der Waals surface area contributed by atoms with Crippen LogP contribution < -0.4 is 5.32 Å². The molecular formula is C34H67NO11. The van der Waals surface area contributed by atoms with Gasteiger partial charge in [0.15, 0.2) is 6.29 Å². The molecule has 274 valence electrons. The average Bonchev–Trinajstić information content (AvgIpc) is 3.30. The first-order chi connectivity index (χ1) is 22.2. The summed E-state index contributed by atoms with van der Waals surface area (Å²) in [5.41, 5.74) is 0. The van der Waals surface area contributed by atoms with Gasteiger partial charge in [0.2, 0.25) is 5.79 Å². The zero-order chi connectivity index (χ0) is 33.8. The normalized spacial score (nSPS) is 32.3. The van der Waals surface area contributed by atoms with Crippen molar-refractivity contribution < 1.29 is 54.7 Å². The summed E-state index contributed by atoms with van der Waals surface area (Å²) in [5, 5.41) is 74.4. The highest BCUT2D eigenvalue weighted by atomic mass is 16.8. The molecule has 0 aliphatic carbocycles. The van der Waals surface area contributed by atoms with Gasteiger partial charge in [0.05, 0.1) is 13.2 Å². The third kappa shape index (κ3) is 14.2. The highest BCUT2D eigenvalue weighted by Crippen LogP contribution is 2.36. The molecule has 2 saturated heterocycles. The van der Waals surface area contributed by atoms with Gasteiger partial charge in [0.1, 0.15) is 49.3 Å². The Morgan fingerprint density at radius 2 is 1.28 bits per heavy atom. The number of nitrogens with one attached hydrogen (secondary N) is 1. The van der Waals surface area contributed by atoms with E-state index in [-0.39, 0.29) is 6.61 Å². The maximum Gasteiger partial charge on any atom is 0.224 e. The molecule has 0 aromatic heterocycles. The van der Waals surface area contributed by atoms with Crippen LogP contribution in [-0.2, 0) is 18.9 Å². The standard InChI is InChI=1S/C34H67NO11/c1-3-4-5-6-7-8-9-10-11-12-13-14-15-16-19-25(2)35-20-17-18-21-43-23-27-28(38)30(40)31(41)33(44-27)46-34(24-37)32(42)29(39)26(22-36)45-34/h25-33,35-42H,3-24H2,1-2H3/t25?,26-,27-,28-,29-,30+,31-,32+,33-,34+/m1/s1. The van der Waals surface area contributed by atoms with Gasteiger partial charge in [-0.3, -0.25) is 0 Å². The predicted octanol–water partition coefficient (Wildman–Crippen LogP) is 2.26. The maximum absolute atomic E-state index is 10.4. The van der Waals surface area contributed by atoms with Crippen LogP contribution >= 0.6 is 0 Å². The molecule has 12 nitrogen and oxygen atoms in total. The summed E-state index contributed by atoms with van der Waals surface area (Å²) in [7, 11) is 0. The van der Waals surface area contributed by atoms with Crippen LogP contribution in [0.3, 0.4) is 0 Å². The molecule has 2 rings (SSSR count). The fourth-order valence-electron chi connectivity index (χ4n) is 6.24. The van der Waals surface area contributed by atoms with Crippen LogP contribution in [0.5, 0.6) is 0 Å². The zero-order valence-electron chi connectivity index (χ0n) is 28.5. The van der Waals surface area contributed by atoms with E-state index in [4.69, 9.17) is 18.9 Å². The number of hydrogen-bond donors (Lipinski definition) is 8. The second-order valence-electron chi connectivity index (χ2n) is 13.4. The van der Waals surface area contributed by atoms with Gasteiger partial charge in [-0.25, -0.2) is 0 Å². The van der Waals surface area contributed by atoms with Crippen molar-refractivity contribution in [1.29, 1.82) is 0 Å². The molecule has 12 heteroatoms. The molecule has 2 aliphatic rings. The van der Waals surface area contributed by atoms with Crippen LogP contribution in [0.15, 0.2) is 0 Å². The van der Waals surface area contributed by atoms with Crippen LogP contribution in [-0.4, -0.2) is 130 Å². The molecule has 1 unspecified atom stereocenters. The molecule has 0 bridgehead atoms. The summed E-state index contributed by atoms with van der Waals surface area (Å²) in [5.74, 6) is -2.21. The van der Waals surface area contributed by atoms with Gasteiger partial charge in [0.25, 0.3) is 0 Å². The lowest BCUT2D eigenvalue weighted by atomic mass is 9.99. The predicted molar refractivity (Wildman–Crippen MR) is 174 cm³/mol. The summed E-state index contributed by atoms with van der Waals surface area (Å²) < 4.78 is 22.2. The van der Waals surface area contributed by atoms with E-state index < -0.39 is 68.0 Å². The molecule has 0 radical (unpaired) electrons. The first kappa shape index (κ1) is 41.7. The number of hydrogen-bond acceptors (Lipinski definition) is 12. The summed E-state index contributed by atoms with van der Waals surface area (Å²) in [6.07, 6.45) is 9.86. The third-order valence-corrected chi connectivity index (χ3v) is 9.37. The second kappa shape index (κ2) is 23.8. The van der Waals surface area contributed by atoms with Gasteiger partial charge in [-0.1, -0.05) is 96.8 Å². The first-order valence-electron chi connectivity index (χ1n) is 18.1. The van der Waals surface area contributed by atoms with Crippen molar-refractivity contribution in [3.63, 3.8) is 0 Å². The van der Waals surface area contributed by atoms with Gasteiger partial charge in [-0.2, -0.15) is 0 Å². The molecule has 2 fully saturated rings. The van der Waals surface area contributed by atoms with E-state index in [2.05, 4.69) is 19.2 Å². The van der Waals surface area contributed by atoms with E-state index in [1.807, 2.05) is 0 Å². The van der Waals surface area contributed by atoms with E-state index in [9.17, 15) is 35.7 Å². The largest absolute Gasteiger partial charge is 0.394 e. The topological polar surface area (TPSA) is 191 Å². The fourth-order valence-corrected chi connectivity index (χ4v) is 6.24. The van der Waals surface area contributed by atoms with Crippen molar-refractivity contribution >= 4 is 0 Å². The molecule has 0 spiro atoms. The van der Waals surface area contributed by atoms with E-state index in [1.165, 1.54) is 96.3 Å². The van der Waals surface area contributed by atoms with Crippen molar-refractivity contribution in [2.75, 3.05) is 33.0 Å². The lowest BCUT2D eigenvalue weighted by Gasteiger charge is -2.43. The van der Waals surface area contributed by atoms with Crippen LogP contribution in [0.25, 0.3) is 0 Å². The number of rotatable bonds is 27. The van der Waals surface area contributed by atoms with Gasteiger partial charge in [0, 0.05) is 12.6 Å². The van der Waals surface area contributed by atoms with Gasteiger partial charge in [-0.15, -0.1) is 0 Å². The van der Waals surface area contributed by atoms with Crippen molar-refractivity contribution in [3.05, 3.63) is 0 Å². The minimum atomic E-state index is -2.21. The molecule has 0 aromatic rings. The highest BCUT2D eigenvalue weighted by Gasteiger charge is 2.58. The summed E-state index contributed by atoms with van der Waals surface area (Å²) in [4.78, 5) is 0. The Morgan fingerprint density at radius 3 is 1.83 bits per heavy atom. The Balaban J connectivity index is 1.51. The van der Waals surface area contributed by atoms with Crippen LogP contribution in [0.1, 0.15) is 123 Å². The highest BCUT2D eigenvalue weighted by molar-refractivity contribution is 4.98. The summed E-state index contributed by atoms with van der Waals surface area (Å²) >= 11 is 0. The van der Waals surface area contributed by atoms with Crippen molar-refractivity contribution in [3.8, 4) is 0 Å². The van der Waals surface area contributed by atoms with Crippen LogP contribution in [0, 0.1) is 0 Å². The monoisotopic (exact) mass is 665 g/mol. The zero-order valence-corrected chi connectivity index (χ0v) is 28.5. The van der Waals surface area contributed by atoms with Gasteiger partial charge >= 0.3 is 0 Å². The van der Waals surface area contributed by atoms with E-state index in [0.717, 1.165) is 19.4 Å².